The fraction of sp³-hybridized carbons (Fsp3) is 0.706. The zero-order valence-corrected chi connectivity index (χ0v) is 15.6. The predicted octanol–water partition coefficient (Wildman–Crippen LogP) is 0.129. The summed E-state index contributed by atoms with van der Waals surface area (Å²) in [7, 11) is 1.44. The molecule has 27 heavy (non-hydrogen) atoms. The fourth-order valence-electron chi connectivity index (χ4n) is 3.16. The van der Waals surface area contributed by atoms with Gasteiger partial charge in [-0.3, -0.25) is 0 Å². The monoisotopic (exact) mass is 382 g/mol. The molecule has 10 heteroatoms. The summed E-state index contributed by atoms with van der Waals surface area (Å²) in [6.45, 7) is 5.46. The summed E-state index contributed by atoms with van der Waals surface area (Å²) in [5, 5.41) is 2.61. The first kappa shape index (κ1) is 19.6. The Kier molecular flexibility index (Phi) is 6.99. The summed E-state index contributed by atoms with van der Waals surface area (Å²) in [4.78, 5) is 26.9. The third-order valence-electron chi connectivity index (χ3n) is 4.69. The molecular weight excluding hydrogens is 355 g/mol. The zero-order chi connectivity index (χ0) is 19.1. The van der Waals surface area contributed by atoms with Crippen molar-refractivity contribution in [2.45, 2.75) is 6.17 Å². The number of aromatic nitrogens is 2. The molecule has 3 heterocycles. The van der Waals surface area contributed by atoms with Crippen molar-refractivity contribution >= 4 is 17.7 Å². The molecule has 0 saturated carbocycles. The molecule has 0 radical (unpaired) electrons. The van der Waals surface area contributed by atoms with Gasteiger partial charge in [0.2, 0.25) is 0 Å². The summed E-state index contributed by atoms with van der Waals surface area (Å²) in [5.41, 5.74) is 0. The van der Waals surface area contributed by atoms with Crippen molar-refractivity contribution in [2.75, 3.05) is 82.5 Å². The van der Waals surface area contributed by atoms with Crippen LogP contribution in [-0.4, -0.2) is 99.8 Å². The van der Waals surface area contributed by atoms with Crippen molar-refractivity contribution in [3.8, 4) is 0 Å². The molecule has 0 spiro atoms. The normalized spacial score (nSPS) is 19.1. The first-order valence-electron chi connectivity index (χ1n) is 9.23. The summed E-state index contributed by atoms with van der Waals surface area (Å²) < 4.78 is 23.5. The average molecular weight is 382 g/mol. The lowest BCUT2D eigenvalue weighted by atomic mass is 10.3. The molecule has 2 saturated heterocycles. The highest BCUT2D eigenvalue weighted by Crippen LogP contribution is 2.19. The number of methoxy groups -OCH3 is 1. The van der Waals surface area contributed by atoms with Gasteiger partial charge in [-0.25, -0.2) is 19.2 Å². The number of halogens is 1. The van der Waals surface area contributed by atoms with Crippen LogP contribution in [0.2, 0.25) is 0 Å². The van der Waals surface area contributed by atoms with E-state index in [1.807, 2.05) is 6.07 Å². The van der Waals surface area contributed by atoms with E-state index in [-0.39, 0.29) is 19.2 Å². The SMILES string of the molecule is COCC(F)CNC(=O)N1CCN(c2cc(N3CCOCC3)ncn2)CC1. The van der Waals surface area contributed by atoms with E-state index in [2.05, 4.69) is 25.1 Å². The van der Waals surface area contributed by atoms with Crippen molar-refractivity contribution in [2.24, 2.45) is 0 Å². The van der Waals surface area contributed by atoms with Crippen LogP contribution in [0.5, 0.6) is 0 Å². The number of ether oxygens (including phenoxy) is 2. The molecular formula is C17H27FN6O3. The quantitative estimate of drug-likeness (QED) is 0.749. The second-order valence-corrected chi connectivity index (χ2v) is 6.55. The zero-order valence-electron chi connectivity index (χ0n) is 15.6. The summed E-state index contributed by atoms with van der Waals surface area (Å²) >= 11 is 0. The highest BCUT2D eigenvalue weighted by Gasteiger charge is 2.23. The molecule has 2 fully saturated rings. The first-order chi connectivity index (χ1) is 13.2. The molecule has 2 amide bonds. The molecule has 1 N–H and O–H groups in total. The molecule has 0 bridgehead atoms. The lowest BCUT2D eigenvalue weighted by Gasteiger charge is -2.36. The van der Waals surface area contributed by atoms with E-state index < -0.39 is 6.17 Å². The number of nitrogens with zero attached hydrogens (tertiary/aromatic N) is 5. The number of carbonyl (C=O) groups excluding carboxylic acids is 1. The van der Waals surface area contributed by atoms with Crippen LogP contribution in [-0.2, 0) is 9.47 Å². The number of morpholine rings is 1. The van der Waals surface area contributed by atoms with Crippen LogP contribution in [0.3, 0.4) is 0 Å². The third kappa shape index (κ3) is 5.39. The third-order valence-corrected chi connectivity index (χ3v) is 4.69. The molecule has 2 aliphatic heterocycles. The molecule has 2 aliphatic rings. The van der Waals surface area contributed by atoms with E-state index in [9.17, 15) is 9.18 Å². The van der Waals surface area contributed by atoms with E-state index in [4.69, 9.17) is 9.47 Å². The van der Waals surface area contributed by atoms with Gasteiger partial charge < -0.3 is 29.5 Å². The number of rotatable bonds is 6. The van der Waals surface area contributed by atoms with E-state index in [1.54, 1.807) is 11.2 Å². The van der Waals surface area contributed by atoms with Crippen LogP contribution in [0, 0.1) is 0 Å². The van der Waals surface area contributed by atoms with E-state index in [1.165, 1.54) is 7.11 Å². The lowest BCUT2D eigenvalue weighted by molar-refractivity contribution is 0.121. The Bertz CT molecular complexity index is 608. The molecule has 1 aromatic heterocycles. The van der Waals surface area contributed by atoms with Crippen molar-refractivity contribution in [1.29, 1.82) is 0 Å². The number of nitrogens with one attached hydrogen (secondary N) is 1. The minimum Gasteiger partial charge on any atom is -0.382 e. The largest absolute Gasteiger partial charge is 0.382 e. The highest BCUT2D eigenvalue weighted by molar-refractivity contribution is 5.74. The maximum atomic E-state index is 13.4. The van der Waals surface area contributed by atoms with Gasteiger partial charge in [0.1, 0.15) is 24.1 Å². The van der Waals surface area contributed by atoms with Crippen molar-refractivity contribution in [1.82, 2.24) is 20.2 Å². The van der Waals surface area contributed by atoms with Crippen LogP contribution in [0.1, 0.15) is 0 Å². The van der Waals surface area contributed by atoms with Crippen molar-refractivity contribution in [3.63, 3.8) is 0 Å². The minimum absolute atomic E-state index is 0.0206. The Morgan fingerprint density at radius 3 is 2.44 bits per heavy atom. The van der Waals surface area contributed by atoms with E-state index in [0.29, 0.717) is 39.4 Å². The number of hydrogen-bond donors (Lipinski definition) is 1. The molecule has 9 nitrogen and oxygen atoms in total. The fourth-order valence-corrected chi connectivity index (χ4v) is 3.16. The van der Waals surface area contributed by atoms with Crippen LogP contribution in [0.15, 0.2) is 12.4 Å². The first-order valence-corrected chi connectivity index (χ1v) is 9.23. The Hall–Kier alpha value is -2.20. The molecule has 1 atom stereocenters. The van der Waals surface area contributed by atoms with Gasteiger partial charge in [-0.2, -0.15) is 0 Å². The number of amides is 2. The van der Waals surface area contributed by atoms with Crippen LogP contribution >= 0.6 is 0 Å². The number of anilines is 2. The summed E-state index contributed by atoms with van der Waals surface area (Å²) in [6.07, 6.45) is 0.385. The van der Waals surface area contributed by atoms with Crippen LogP contribution in [0.4, 0.5) is 20.8 Å². The number of hydrogen-bond acceptors (Lipinski definition) is 7. The lowest BCUT2D eigenvalue weighted by Crippen LogP contribution is -2.52. The standard InChI is InChI=1S/C17H27FN6O3/c1-26-12-14(18)11-19-17(25)24-4-2-22(3-5-24)15-10-16(21-13-20-15)23-6-8-27-9-7-23/h10,13-14H,2-9,11-12H2,1H3,(H,19,25). The maximum absolute atomic E-state index is 13.4. The molecule has 1 aromatic rings. The number of carbonyl (C=O) groups is 1. The van der Waals surface area contributed by atoms with Crippen LogP contribution in [0.25, 0.3) is 0 Å². The minimum atomic E-state index is -1.19. The van der Waals surface area contributed by atoms with E-state index in [0.717, 1.165) is 24.7 Å². The molecule has 0 aromatic carbocycles. The molecule has 150 valence electrons. The summed E-state index contributed by atoms with van der Waals surface area (Å²) in [6, 6.07) is 1.74. The molecule has 3 rings (SSSR count). The Labute approximate surface area is 158 Å². The second kappa shape index (κ2) is 9.65. The smallest absolute Gasteiger partial charge is 0.317 e. The predicted molar refractivity (Wildman–Crippen MR) is 99.0 cm³/mol. The number of piperazine rings is 1. The summed E-state index contributed by atoms with van der Waals surface area (Å²) in [5.74, 6) is 1.76. The van der Waals surface area contributed by atoms with Crippen molar-refractivity contribution in [3.05, 3.63) is 12.4 Å². The van der Waals surface area contributed by atoms with E-state index >= 15 is 0 Å². The topological polar surface area (TPSA) is 83.1 Å². The van der Waals surface area contributed by atoms with Gasteiger partial charge in [0.15, 0.2) is 0 Å². The molecule has 1 unspecified atom stereocenters. The Morgan fingerprint density at radius 2 is 1.81 bits per heavy atom. The highest BCUT2D eigenvalue weighted by atomic mass is 19.1. The van der Waals surface area contributed by atoms with Gasteiger partial charge in [0.05, 0.1) is 26.4 Å². The van der Waals surface area contributed by atoms with Gasteiger partial charge in [-0.1, -0.05) is 0 Å². The Morgan fingerprint density at radius 1 is 1.19 bits per heavy atom. The maximum Gasteiger partial charge on any atom is 0.317 e. The van der Waals surface area contributed by atoms with Crippen molar-refractivity contribution < 1.29 is 18.7 Å². The van der Waals surface area contributed by atoms with Gasteiger partial charge in [0, 0.05) is 52.4 Å². The number of urea groups is 1. The number of alkyl halides is 1. The Balaban J connectivity index is 1.49. The van der Waals surface area contributed by atoms with Gasteiger partial charge in [0.25, 0.3) is 0 Å². The van der Waals surface area contributed by atoms with Gasteiger partial charge in [-0.05, 0) is 0 Å². The van der Waals surface area contributed by atoms with Gasteiger partial charge >= 0.3 is 6.03 Å². The molecule has 0 aliphatic carbocycles. The second-order valence-electron chi connectivity index (χ2n) is 6.55. The average Bonchev–Trinajstić information content (AvgIpc) is 2.73. The van der Waals surface area contributed by atoms with Gasteiger partial charge in [-0.15, -0.1) is 0 Å². The van der Waals surface area contributed by atoms with Crippen LogP contribution < -0.4 is 15.1 Å².